The summed E-state index contributed by atoms with van der Waals surface area (Å²) in [6.07, 6.45) is 3.75. The van der Waals surface area contributed by atoms with E-state index < -0.39 is 23.6 Å². The minimum absolute atomic E-state index is 0.0389. The number of piperidine rings is 2. The number of rotatable bonds is 3. The molecule has 1 aromatic carbocycles. The Morgan fingerprint density at radius 1 is 1.21 bits per heavy atom. The van der Waals surface area contributed by atoms with Crippen LogP contribution in [0.5, 0.6) is 0 Å². The molecule has 6 heteroatoms. The highest BCUT2D eigenvalue weighted by Crippen LogP contribution is 2.35. The molecule has 128 valence electrons. The van der Waals surface area contributed by atoms with Gasteiger partial charge in [-0.3, -0.25) is 9.59 Å². The van der Waals surface area contributed by atoms with Gasteiger partial charge in [0.2, 0.25) is 5.91 Å². The Morgan fingerprint density at radius 2 is 2.00 bits per heavy atom. The van der Waals surface area contributed by atoms with Crippen LogP contribution in [0.1, 0.15) is 36.0 Å². The number of benzene rings is 1. The van der Waals surface area contributed by atoms with Crippen LogP contribution in [0.3, 0.4) is 0 Å². The monoisotopic (exact) mass is 334 g/mol. The molecule has 1 saturated carbocycles. The third-order valence-corrected chi connectivity index (χ3v) is 5.40. The van der Waals surface area contributed by atoms with Crippen LogP contribution < -0.4 is 0 Å². The number of halogens is 2. The van der Waals surface area contributed by atoms with E-state index in [2.05, 4.69) is 0 Å². The van der Waals surface area contributed by atoms with Crippen molar-refractivity contribution >= 4 is 11.8 Å². The number of carbonyl (C=O) groups is 2. The van der Waals surface area contributed by atoms with Gasteiger partial charge in [0.25, 0.3) is 5.91 Å². The molecule has 0 spiro atoms. The van der Waals surface area contributed by atoms with Gasteiger partial charge < -0.3 is 9.80 Å². The highest BCUT2D eigenvalue weighted by atomic mass is 19.2. The lowest BCUT2D eigenvalue weighted by Crippen LogP contribution is -2.60. The SMILES string of the molecule is O=C1[C@H]2C[C@H](CCN2C(=O)c2cccc(F)c2F)CN1CC1CC1. The molecule has 0 N–H and O–H groups in total. The zero-order valence-electron chi connectivity index (χ0n) is 13.4. The first-order valence-electron chi connectivity index (χ1n) is 8.58. The second kappa shape index (κ2) is 5.83. The van der Waals surface area contributed by atoms with Gasteiger partial charge in [-0.05, 0) is 49.7 Å². The Labute approximate surface area is 139 Å². The van der Waals surface area contributed by atoms with E-state index >= 15 is 0 Å². The first-order valence-corrected chi connectivity index (χ1v) is 8.58. The molecule has 2 bridgehead atoms. The van der Waals surface area contributed by atoms with Crippen LogP contribution in [-0.2, 0) is 4.79 Å². The van der Waals surface area contributed by atoms with Crippen molar-refractivity contribution in [3.8, 4) is 0 Å². The van der Waals surface area contributed by atoms with Gasteiger partial charge in [-0.1, -0.05) is 6.07 Å². The first kappa shape index (κ1) is 15.5. The van der Waals surface area contributed by atoms with Crippen molar-refractivity contribution in [3.05, 3.63) is 35.4 Å². The van der Waals surface area contributed by atoms with Gasteiger partial charge in [-0.2, -0.15) is 0 Å². The molecular formula is C18H20F2N2O2. The van der Waals surface area contributed by atoms with Gasteiger partial charge in [-0.25, -0.2) is 8.78 Å². The van der Waals surface area contributed by atoms with E-state index in [1.807, 2.05) is 4.90 Å². The topological polar surface area (TPSA) is 40.6 Å². The molecule has 2 amide bonds. The first-order chi connectivity index (χ1) is 11.5. The number of hydrogen-bond donors (Lipinski definition) is 0. The summed E-state index contributed by atoms with van der Waals surface area (Å²) >= 11 is 0. The van der Waals surface area contributed by atoms with Crippen molar-refractivity contribution in [2.24, 2.45) is 11.8 Å². The normalized spacial score (nSPS) is 26.7. The predicted molar refractivity (Wildman–Crippen MR) is 83.2 cm³/mol. The summed E-state index contributed by atoms with van der Waals surface area (Å²) < 4.78 is 27.4. The Kier molecular flexibility index (Phi) is 3.77. The van der Waals surface area contributed by atoms with E-state index in [0.717, 1.165) is 38.4 Å². The molecule has 4 rings (SSSR count). The predicted octanol–water partition coefficient (Wildman–Crippen LogP) is 2.44. The maximum absolute atomic E-state index is 14.0. The minimum atomic E-state index is -1.14. The van der Waals surface area contributed by atoms with Gasteiger partial charge in [0, 0.05) is 19.6 Å². The van der Waals surface area contributed by atoms with Gasteiger partial charge in [0.1, 0.15) is 6.04 Å². The number of carbonyl (C=O) groups excluding carboxylic acids is 2. The maximum atomic E-state index is 14.0. The van der Waals surface area contributed by atoms with Crippen molar-refractivity contribution in [3.63, 3.8) is 0 Å². The summed E-state index contributed by atoms with van der Waals surface area (Å²) in [6, 6.07) is 3.05. The second-order valence-electron chi connectivity index (χ2n) is 7.19. The number of nitrogens with zero attached hydrogens (tertiary/aromatic N) is 2. The molecule has 3 fully saturated rings. The highest BCUT2D eigenvalue weighted by molar-refractivity contribution is 5.98. The fourth-order valence-electron chi connectivity index (χ4n) is 3.89. The van der Waals surface area contributed by atoms with Gasteiger partial charge in [0.05, 0.1) is 5.56 Å². The largest absolute Gasteiger partial charge is 0.340 e. The third-order valence-electron chi connectivity index (χ3n) is 5.40. The Bertz CT molecular complexity index is 690. The molecule has 2 heterocycles. The molecule has 2 atom stereocenters. The molecule has 1 aromatic rings. The Balaban J connectivity index is 1.57. The number of fused-ring (bicyclic) bond motifs is 2. The summed E-state index contributed by atoms with van der Waals surface area (Å²) in [5.41, 5.74) is -0.291. The third kappa shape index (κ3) is 2.68. The van der Waals surface area contributed by atoms with Crippen LogP contribution in [0.25, 0.3) is 0 Å². The molecule has 1 aliphatic carbocycles. The van der Waals surface area contributed by atoms with Crippen molar-refractivity contribution in [2.75, 3.05) is 19.6 Å². The zero-order valence-corrected chi connectivity index (χ0v) is 13.4. The molecule has 0 radical (unpaired) electrons. The summed E-state index contributed by atoms with van der Waals surface area (Å²) in [5.74, 6) is -1.81. The lowest BCUT2D eigenvalue weighted by molar-refractivity contribution is -0.144. The zero-order chi connectivity index (χ0) is 16.8. The van der Waals surface area contributed by atoms with E-state index in [1.165, 1.54) is 17.0 Å². The van der Waals surface area contributed by atoms with Crippen molar-refractivity contribution in [1.82, 2.24) is 9.80 Å². The van der Waals surface area contributed by atoms with Crippen molar-refractivity contribution in [2.45, 2.75) is 31.7 Å². The molecule has 0 unspecified atom stereocenters. The average Bonchev–Trinajstić information content (AvgIpc) is 3.38. The quantitative estimate of drug-likeness (QED) is 0.852. The molecule has 24 heavy (non-hydrogen) atoms. The molecule has 2 aliphatic heterocycles. The molecule has 2 saturated heterocycles. The van der Waals surface area contributed by atoms with Gasteiger partial charge >= 0.3 is 0 Å². The molecule has 3 aliphatic rings. The molecular weight excluding hydrogens is 314 g/mol. The molecule has 4 nitrogen and oxygen atoms in total. The maximum Gasteiger partial charge on any atom is 0.257 e. The smallest absolute Gasteiger partial charge is 0.257 e. The highest BCUT2D eigenvalue weighted by Gasteiger charge is 2.44. The van der Waals surface area contributed by atoms with Gasteiger partial charge in [0.15, 0.2) is 11.6 Å². The van der Waals surface area contributed by atoms with E-state index in [-0.39, 0.29) is 11.5 Å². The van der Waals surface area contributed by atoms with Crippen molar-refractivity contribution in [1.29, 1.82) is 0 Å². The fraction of sp³-hybridized carbons (Fsp3) is 0.556. The average molecular weight is 334 g/mol. The second-order valence-corrected chi connectivity index (χ2v) is 7.19. The number of hydrogen-bond acceptors (Lipinski definition) is 2. The fourth-order valence-corrected chi connectivity index (χ4v) is 3.89. The number of amides is 2. The van der Waals surface area contributed by atoms with Gasteiger partial charge in [-0.15, -0.1) is 0 Å². The Morgan fingerprint density at radius 3 is 2.75 bits per heavy atom. The lowest BCUT2D eigenvalue weighted by Gasteiger charge is -2.46. The summed E-state index contributed by atoms with van der Waals surface area (Å²) in [7, 11) is 0. The Hall–Kier alpha value is -1.98. The minimum Gasteiger partial charge on any atom is -0.340 e. The number of likely N-dealkylation sites (tertiary alicyclic amines) is 2. The summed E-state index contributed by atoms with van der Waals surface area (Å²) in [4.78, 5) is 28.8. The van der Waals surface area contributed by atoms with Crippen LogP contribution in [0.2, 0.25) is 0 Å². The van der Waals surface area contributed by atoms with Crippen LogP contribution >= 0.6 is 0 Å². The summed E-state index contributed by atoms with van der Waals surface area (Å²) in [5, 5.41) is 0. The van der Waals surface area contributed by atoms with E-state index in [4.69, 9.17) is 0 Å². The summed E-state index contributed by atoms with van der Waals surface area (Å²) in [6.45, 7) is 1.96. The molecule has 0 aromatic heterocycles. The van der Waals surface area contributed by atoms with Crippen LogP contribution in [0.15, 0.2) is 18.2 Å². The van der Waals surface area contributed by atoms with E-state index in [0.29, 0.717) is 24.8 Å². The lowest BCUT2D eigenvalue weighted by atomic mass is 9.85. The van der Waals surface area contributed by atoms with Crippen LogP contribution in [0, 0.1) is 23.5 Å². The van der Waals surface area contributed by atoms with Crippen molar-refractivity contribution < 1.29 is 18.4 Å². The van der Waals surface area contributed by atoms with E-state index in [9.17, 15) is 18.4 Å². The standard InChI is InChI=1S/C18H20F2N2O2/c19-14-3-1-2-13(16(14)20)17(23)22-7-6-12-8-15(22)18(24)21(10-12)9-11-4-5-11/h1-3,11-12,15H,4-10H2/t12-,15+/m0/s1. The van der Waals surface area contributed by atoms with Crippen LogP contribution in [-0.4, -0.2) is 47.3 Å². The van der Waals surface area contributed by atoms with Crippen LogP contribution in [0.4, 0.5) is 8.78 Å². The van der Waals surface area contributed by atoms with E-state index in [1.54, 1.807) is 0 Å².